The van der Waals surface area contributed by atoms with Crippen molar-refractivity contribution in [3.63, 3.8) is 0 Å². The maximum atomic E-state index is 14.7. The largest absolute Gasteiger partial charge is 0.507 e. The van der Waals surface area contributed by atoms with E-state index in [0.717, 1.165) is 13.1 Å². The number of ketones is 1. The summed E-state index contributed by atoms with van der Waals surface area (Å²) < 4.78 is 20.1. The quantitative estimate of drug-likeness (QED) is 0.466. The lowest BCUT2D eigenvalue weighted by molar-refractivity contribution is -0.140. The summed E-state index contributed by atoms with van der Waals surface area (Å²) in [7, 11) is 0. The van der Waals surface area contributed by atoms with Crippen LogP contribution in [-0.2, 0) is 14.3 Å². The van der Waals surface area contributed by atoms with Crippen LogP contribution in [0.25, 0.3) is 5.76 Å². The third-order valence-corrected chi connectivity index (χ3v) is 5.55. The summed E-state index contributed by atoms with van der Waals surface area (Å²) in [4.78, 5) is 29.3. The third-order valence-electron chi connectivity index (χ3n) is 5.55. The summed E-state index contributed by atoms with van der Waals surface area (Å²) in [6, 6.07) is 13.6. The molecular weight excluding hydrogens is 387 g/mol. The second-order valence-electron chi connectivity index (χ2n) is 7.33. The SMILES string of the molecule is O=C1C(=O)N(CCN2CCOCC2)[C@H](c2ccccc2F)/C1=C(\O)c1ccccc1. The van der Waals surface area contributed by atoms with Crippen molar-refractivity contribution in [2.75, 3.05) is 39.4 Å². The molecule has 2 aliphatic rings. The normalized spacial score (nSPS) is 21.9. The van der Waals surface area contributed by atoms with Crippen LogP contribution < -0.4 is 0 Å². The third kappa shape index (κ3) is 3.86. The van der Waals surface area contributed by atoms with Crippen LogP contribution in [0.1, 0.15) is 17.2 Å². The van der Waals surface area contributed by atoms with Gasteiger partial charge in [-0.2, -0.15) is 0 Å². The fraction of sp³-hybridized carbons (Fsp3) is 0.304. The van der Waals surface area contributed by atoms with Crippen LogP contribution in [0.4, 0.5) is 4.39 Å². The first-order chi connectivity index (χ1) is 14.6. The minimum Gasteiger partial charge on any atom is -0.507 e. The van der Waals surface area contributed by atoms with Gasteiger partial charge < -0.3 is 14.7 Å². The molecule has 0 radical (unpaired) electrons. The van der Waals surface area contributed by atoms with Crippen molar-refractivity contribution in [3.8, 4) is 0 Å². The molecule has 4 rings (SSSR count). The minimum atomic E-state index is -0.979. The number of amides is 1. The molecule has 1 amide bonds. The average Bonchev–Trinajstić information content (AvgIpc) is 3.03. The molecule has 0 unspecified atom stereocenters. The van der Waals surface area contributed by atoms with E-state index >= 15 is 0 Å². The number of carbonyl (C=O) groups is 2. The van der Waals surface area contributed by atoms with E-state index in [2.05, 4.69) is 4.90 Å². The summed E-state index contributed by atoms with van der Waals surface area (Å²) in [6.45, 7) is 3.48. The van der Waals surface area contributed by atoms with Crippen LogP contribution >= 0.6 is 0 Å². The molecule has 0 bridgehead atoms. The van der Waals surface area contributed by atoms with E-state index in [4.69, 9.17) is 4.74 Å². The van der Waals surface area contributed by atoms with Gasteiger partial charge >= 0.3 is 0 Å². The second-order valence-corrected chi connectivity index (χ2v) is 7.33. The zero-order valence-corrected chi connectivity index (χ0v) is 16.5. The first kappa shape index (κ1) is 20.3. The molecule has 0 spiro atoms. The molecular formula is C23H23FN2O4. The van der Waals surface area contributed by atoms with Crippen molar-refractivity contribution in [2.24, 2.45) is 0 Å². The van der Waals surface area contributed by atoms with Crippen molar-refractivity contribution < 1.29 is 23.8 Å². The summed E-state index contributed by atoms with van der Waals surface area (Å²) in [5, 5.41) is 10.9. The number of ether oxygens (including phenoxy) is 1. The van der Waals surface area contributed by atoms with Crippen LogP contribution in [0.3, 0.4) is 0 Å². The van der Waals surface area contributed by atoms with Crippen LogP contribution in [0, 0.1) is 5.82 Å². The fourth-order valence-corrected chi connectivity index (χ4v) is 3.96. The van der Waals surface area contributed by atoms with Gasteiger partial charge in [-0.25, -0.2) is 4.39 Å². The molecule has 6 nitrogen and oxygen atoms in total. The molecule has 0 aliphatic carbocycles. The predicted octanol–water partition coefficient (Wildman–Crippen LogP) is 2.58. The number of aliphatic hydroxyl groups excluding tert-OH is 1. The van der Waals surface area contributed by atoms with Crippen LogP contribution in [0.5, 0.6) is 0 Å². The number of benzene rings is 2. The van der Waals surface area contributed by atoms with Gasteiger partial charge in [0.05, 0.1) is 24.8 Å². The molecule has 30 heavy (non-hydrogen) atoms. The predicted molar refractivity (Wildman–Crippen MR) is 109 cm³/mol. The molecule has 2 fully saturated rings. The highest BCUT2D eigenvalue weighted by molar-refractivity contribution is 6.46. The monoisotopic (exact) mass is 410 g/mol. The molecule has 7 heteroatoms. The van der Waals surface area contributed by atoms with E-state index in [-0.39, 0.29) is 23.4 Å². The molecule has 0 aromatic heterocycles. The molecule has 1 N–H and O–H groups in total. The smallest absolute Gasteiger partial charge is 0.295 e. The number of hydrogen-bond acceptors (Lipinski definition) is 5. The number of likely N-dealkylation sites (tertiary alicyclic amines) is 1. The van der Waals surface area contributed by atoms with Crippen LogP contribution in [0.15, 0.2) is 60.2 Å². The van der Waals surface area contributed by atoms with E-state index in [1.807, 2.05) is 0 Å². The number of nitrogens with zero attached hydrogens (tertiary/aromatic N) is 2. The Bertz CT molecular complexity index is 970. The number of rotatable bonds is 5. The van der Waals surface area contributed by atoms with E-state index in [9.17, 15) is 19.1 Å². The van der Waals surface area contributed by atoms with Gasteiger partial charge in [0.15, 0.2) is 0 Å². The Morgan fingerprint density at radius 2 is 1.67 bits per heavy atom. The number of aliphatic hydroxyl groups is 1. The maximum Gasteiger partial charge on any atom is 0.295 e. The highest BCUT2D eigenvalue weighted by Gasteiger charge is 2.46. The average molecular weight is 410 g/mol. The van der Waals surface area contributed by atoms with Gasteiger partial charge in [-0.3, -0.25) is 14.5 Å². The number of morpholine rings is 1. The van der Waals surface area contributed by atoms with E-state index in [1.165, 1.54) is 11.0 Å². The standard InChI is InChI=1S/C23H23FN2O4/c24-18-9-5-4-8-17(18)20-19(21(27)16-6-2-1-3-7-16)22(28)23(29)26(20)11-10-25-12-14-30-15-13-25/h1-9,20,27H,10-15H2/b21-19+/t20-/m1/s1. The molecule has 156 valence electrons. The fourth-order valence-electron chi connectivity index (χ4n) is 3.96. The Morgan fingerprint density at radius 3 is 2.37 bits per heavy atom. The number of Topliss-reactive ketones (excluding diaryl/α,β-unsaturated/α-hetero) is 1. The second kappa shape index (κ2) is 8.77. The molecule has 2 aromatic carbocycles. The van der Waals surface area contributed by atoms with Crippen molar-refractivity contribution in [1.29, 1.82) is 0 Å². The van der Waals surface area contributed by atoms with E-state index in [0.29, 0.717) is 25.3 Å². The molecule has 0 saturated carbocycles. The minimum absolute atomic E-state index is 0.0849. The number of halogens is 1. The lowest BCUT2D eigenvalue weighted by Gasteiger charge is -2.31. The summed E-state index contributed by atoms with van der Waals surface area (Å²) in [6.07, 6.45) is 0. The molecule has 2 heterocycles. The van der Waals surface area contributed by atoms with Crippen LogP contribution in [-0.4, -0.2) is 66.0 Å². The lowest BCUT2D eigenvalue weighted by atomic mass is 9.95. The van der Waals surface area contributed by atoms with Crippen molar-refractivity contribution in [3.05, 3.63) is 77.1 Å². The molecule has 2 saturated heterocycles. The summed E-state index contributed by atoms with van der Waals surface area (Å²) >= 11 is 0. The van der Waals surface area contributed by atoms with Crippen molar-refractivity contribution in [2.45, 2.75) is 6.04 Å². The first-order valence-electron chi connectivity index (χ1n) is 9.96. The van der Waals surface area contributed by atoms with Crippen molar-refractivity contribution >= 4 is 17.4 Å². The highest BCUT2D eigenvalue weighted by atomic mass is 19.1. The summed E-state index contributed by atoms with van der Waals surface area (Å²) in [5.74, 6) is -2.35. The van der Waals surface area contributed by atoms with Crippen LogP contribution in [0.2, 0.25) is 0 Å². The Kier molecular flexibility index (Phi) is 5.92. The van der Waals surface area contributed by atoms with Gasteiger partial charge in [0.2, 0.25) is 0 Å². The molecule has 2 aromatic rings. The molecule has 1 atom stereocenters. The zero-order chi connectivity index (χ0) is 21.1. The number of hydrogen-bond donors (Lipinski definition) is 1. The van der Waals surface area contributed by atoms with Gasteiger partial charge in [0.1, 0.15) is 11.6 Å². The van der Waals surface area contributed by atoms with Gasteiger partial charge in [-0.1, -0.05) is 48.5 Å². The molecule has 2 aliphatic heterocycles. The van der Waals surface area contributed by atoms with Gasteiger partial charge in [0, 0.05) is 37.3 Å². The first-order valence-corrected chi connectivity index (χ1v) is 9.96. The Labute approximate surface area is 174 Å². The maximum absolute atomic E-state index is 14.7. The van der Waals surface area contributed by atoms with Crippen molar-refractivity contribution in [1.82, 2.24) is 9.80 Å². The van der Waals surface area contributed by atoms with Gasteiger partial charge in [-0.15, -0.1) is 0 Å². The number of carbonyl (C=O) groups excluding carboxylic acids is 2. The lowest BCUT2D eigenvalue weighted by Crippen LogP contribution is -2.42. The van der Waals surface area contributed by atoms with E-state index in [1.54, 1.807) is 48.5 Å². The highest BCUT2D eigenvalue weighted by Crippen LogP contribution is 2.40. The van der Waals surface area contributed by atoms with Gasteiger partial charge in [-0.05, 0) is 6.07 Å². The Hall–Kier alpha value is -3.03. The zero-order valence-electron chi connectivity index (χ0n) is 16.5. The topological polar surface area (TPSA) is 70.1 Å². The van der Waals surface area contributed by atoms with E-state index < -0.39 is 23.5 Å². The van der Waals surface area contributed by atoms with Gasteiger partial charge in [0.25, 0.3) is 11.7 Å². The summed E-state index contributed by atoms with van der Waals surface area (Å²) in [5.41, 5.74) is 0.513. The Balaban J connectivity index is 1.74. The Morgan fingerprint density at radius 1 is 1.00 bits per heavy atom.